The van der Waals surface area contributed by atoms with Gasteiger partial charge in [0.25, 0.3) is 0 Å². The molecule has 0 aliphatic rings. The highest BCUT2D eigenvalue weighted by Crippen LogP contribution is 2.23. The molecule has 0 atom stereocenters. The average Bonchev–Trinajstić information content (AvgIpc) is 3.10. The van der Waals surface area contributed by atoms with Gasteiger partial charge in [-0.1, -0.05) is 42.5 Å². The predicted molar refractivity (Wildman–Crippen MR) is 102 cm³/mol. The third kappa shape index (κ3) is 3.09. The number of esters is 1. The van der Waals surface area contributed by atoms with Crippen LogP contribution in [0.2, 0.25) is 0 Å². The third-order valence-corrected chi connectivity index (χ3v) is 4.44. The van der Waals surface area contributed by atoms with Crippen molar-refractivity contribution in [3.8, 4) is 11.1 Å². The van der Waals surface area contributed by atoms with Crippen LogP contribution in [0.25, 0.3) is 22.2 Å². The molecule has 0 aliphatic heterocycles. The Bertz CT molecular complexity index is 1050. The van der Waals surface area contributed by atoms with E-state index in [2.05, 4.69) is 33.8 Å². The molecule has 0 radical (unpaired) electrons. The van der Waals surface area contributed by atoms with E-state index in [1.165, 1.54) is 7.11 Å². The van der Waals surface area contributed by atoms with Crippen LogP contribution in [0, 0.1) is 0 Å². The van der Waals surface area contributed by atoms with Crippen LogP contribution in [0.3, 0.4) is 0 Å². The summed E-state index contributed by atoms with van der Waals surface area (Å²) in [6.45, 7) is 0.697. The number of hydrogen-bond acceptors (Lipinski definition) is 3. The molecule has 0 aliphatic carbocycles. The van der Waals surface area contributed by atoms with Gasteiger partial charge in [0.05, 0.1) is 12.7 Å². The Morgan fingerprint density at radius 2 is 1.77 bits per heavy atom. The quantitative estimate of drug-likeness (QED) is 0.512. The number of aromatic nitrogens is 2. The molecule has 0 saturated carbocycles. The summed E-state index contributed by atoms with van der Waals surface area (Å²) in [6.07, 6.45) is 3.95. The van der Waals surface area contributed by atoms with E-state index in [1.54, 1.807) is 12.1 Å². The Labute approximate surface area is 151 Å². The highest BCUT2D eigenvalue weighted by atomic mass is 16.5. The van der Waals surface area contributed by atoms with Crippen molar-refractivity contribution in [3.63, 3.8) is 0 Å². The molecule has 2 aromatic heterocycles. The average molecular weight is 342 g/mol. The summed E-state index contributed by atoms with van der Waals surface area (Å²) in [5.41, 5.74) is 4.87. The summed E-state index contributed by atoms with van der Waals surface area (Å²) in [7, 11) is 1.39. The number of fused-ring (bicyclic) bond motifs is 1. The van der Waals surface area contributed by atoms with Crippen molar-refractivity contribution < 1.29 is 9.53 Å². The van der Waals surface area contributed by atoms with Crippen molar-refractivity contribution in [2.45, 2.75) is 6.54 Å². The Morgan fingerprint density at radius 1 is 1.00 bits per heavy atom. The van der Waals surface area contributed by atoms with Crippen molar-refractivity contribution in [1.29, 1.82) is 0 Å². The first-order valence-electron chi connectivity index (χ1n) is 8.42. The Balaban J connectivity index is 1.60. The van der Waals surface area contributed by atoms with Gasteiger partial charge in [-0.25, -0.2) is 9.78 Å². The summed E-state index contributed by atoms with van der Waals surface area (Å²) in [4.78, 5) is 16.2. The summed E-state index contributed by atoms with van der Waals surface area (Å²) in [6, 6.07) is 21.9. The number of methoxy groups -OCH3 is 1. The standard InChI is InChI=1S/C22H18N2O2/c1-26-22(25)18-9-7-16(8-10-18)15-24-12-11-19-13-20(14-23-21(19)24)17-5-3-2-4-6-17/h2-14H,15H2,1H3. The van der Waals surface area contributed by atoms with Crippen LogP contribution in [-0.2, 0) is 11.3 Å². The smallest absolute Gasteiger partial charge is 0.337 e. The lowest BCUT2D eigenvalue weighted by Crippen LogP contribution is -2.03. The maximum atomic E-state index is 11.5. The minimum Gasteiger partial charge on any atom is -0.465 e. The molecular weight excluding hydrogens is 324 g/mol. The van der Waals surface area contributed by atoms with E-state index in [4.69, 9.17) is 4.74 Å². The fraction of sp³-hybridized carbons (Fsp3) is 0.0909. The lowest BCUT2D eigenvalue weighted by atomic mass is 10.1. The summed E-state index contributed by atoms with van der Waals surface area (Å²) in [5, 5.41) is 1.11. The Morgan fingerprint density at radius 3 is 2.50 bits per heavy atom. The fourth-order valence-corrected chi connectivity index (χ4v) is 3.05. The van der Waals surface area contributed by atoms with Crippen molar-refractivity contribution in [2.75, 3.05) is 7.11 Å². The van der Waals surface area contributed by atoms with Gasteiger partial charge in [-0.15, -0.1) is 0 Å². The monoisotopic (exact) mass is 342 g/mol. The number of rotatable bonds is 4. The number of nitrogens with zero attached hydrogens (tertiary/aromatic N) is 2. The fourth-order valence-electron chi connectivity index (χ4n) is 3.05. The maximum absolute atomic E-state index is 11.5. The lowest BCUT2D eigenvalue weighted by Gasteiger charge is -2.07. The third-order valence-electron chi connectivity index (χ3n) is 4.44. The minimum absolute atomic E-state index is 0.321. The molecule has 0 amide bonds. The van der Waals surface area contributed by atoms with Crippen molar-refractivity contribution in [1.82, 2.24) is 9.55 Å². The van der Waals surface area contributed by atoms with E-state index in [9.17, 15) is 4.79 Å². The molecule has 4 nitrogen and oxygen atoms in total. The molecule has 4 aromatic rings. The second-order valence-electron chi connectivity index (χ2n) is 6.13. The summed E-state index contributed by atoms with van der Waals surface area (Å²) < 4.78 is 6.84. The maximum Gasteiger partial charge on any atom is 0.337 e. The first kappa shape index (κ1) is 16.1. The van der Waals surface area contributed by atoms with Crippen LogP contribution in [0.4, 0.5) is 0 Å². The second-order valence-corrected chi connectivity index (χ2v) is 6.13. The van der Waals surface area contributed by atoms with Gasteiger partial charge in [0.15, 0.2) is 0 Å². The number of carbonyl (C=O) groups excluding carboxylic acids is 1. The summed E-state index contributed by atoms with van der Waals surface area (Å²) in [5.74, 6) is -0.321. The lowest BCUT2D eigenvalue weighted by molar-refractivity contribution is 0.0600. The van der Waals surface area contributed by atoms with Crippen LogP contribution in [0.5, 0.6) is 0 Å². The van der Waals surface area contributed by atoms with E-state index >= 15 is 0 Å². The normalized spacial score (nSPS) is 10.8. The number of carbonyl (C=O) groups is 1. The molecule has 0 bridgehead atoms. The minimum atomic E-state index is -0.321. The Hall–Kier alpha value is -3.40. The van der Waals surface area contributed by atoms with E-state index in [1.807, 2.05) is 42.7 Å². The van der Waals surface area contributed by atoms with E-state index in [0.29, 0.717) is 12.1 Å². The highest BCUT2D eigenvalue weighted by Gasteiger charge is 2.08. The molecule has 26 heavy (non-hydrogen) atoms. The second kappa shape index (κ2) is 6.84. The van der Waals surface area contributed by atoms with E-state index < -0.39 is 0 Å². The van der Waals surface area contributed by atoms with Crippen LogP contribution in [0.15, 0.2) is 79.1 Å². The largest absolute Gasteiger partial charge is 0.465 e. The predicted octanol–water partition coefficient (Wildman–Crippen LogP) is 4.54. The zero-order valence-corrected chi connectivity index (χ0v) is 14.4. The molecule has 4 rings (SSSR count). The molecule has 0 saturated heterocycles. The van der Waals surface area contributed by atoms with Gasteiger partial charge in [0.2, 0.25) is 0 Å². The van der Waals surface area contributed by atoms with Gasteiger partial charge in [-0.05, 0) is 35.4 Å². The molecule has 2 aromatic carbocycles. The molecule has 0 spiro atoms. The van der Waals surface area contributed by atoms with E-state index in [0.717, 1.165) is 27.7 Å². The molecule has 2 heterocycles. The number of ether oxygens (including phenoxy) is 1. The zero-order valence-electron chi connectivity index (χ0n) is 14.4. The molecule has 128 valence electrons. The molecular formula is C22H18N2O2. The van der Waals surface area contributed by atoms with Crippen molar-refractivity contribution >= 4 is 17.0 Å². The Kier molecular flexibility index (Phi) is 4.23. The number of hydrogen-bond donors (Lipinski definition) is 0. The zero-order chi connectivity index (χ0) is 17.9. The van der Waals surface area contributed by atoms with Crippen LogP contribution in [-0.4, -0.2) is 22.6 Å². The molecule has 0 fully saturated rings. The van der Waals surface area contributed by atoms with Gasteiger partial charge >= 0.3 is 5.97 Å². The van der Waals surface area contributed by atoms with E-state index in [-0.39, 0.29) is 5.97 Å². The topological polar surface area (TPSA) is 44.1 Å². The van der Waals surface area contributed by atoms with Crippen molar-refractivity contribution in [2.24, 2.45) is 0 Å². The first-order valence-corrected chi connectivity index (χ1v) is 8.42. The van der Waals surface area contributed by atoms with Gasteiger partial charge in [-0.3, -0.25) is 0 Å². The SMILES string of the molecule is COC(=O)c1ccc(Cn2ccc3cc(-c4ccccc4)cnc32)cc1. The van der Waals surface area contributed by atoms with Crippen LogP contribution in [0.1, 0.15) is 15.9 Å². The molecule has 0 N–H and O–H groups in total. The number of benzene rings is 2. The van der Waals surface area contributed by atoms with Crippen LogP contribution >= 0.6 is 0 Å². The molecule has 0 unspecified atom stereocenters. The summed E-state index contributed by atoms with van der Waals surface area (Å²) >= 11 is 0. The molecule has 4 heteroatoms. The number of pyridine rings is 1. The van der Waals surface area contributed by atoms with Gasteiger partial charge in [0, 0.05) is 29.9 Å². The highest BCUT2D eigenvalue weighted by molar-refractivity contribution is 5.89. The van der Waals surface area contributed by atoms with Gasteiger partial charge < -0.3 is 9.30 Å². The van der Waals surface area contributed by atoms with Crippen molar-refractivity contribution in [3.05, 3.63) is 90.3 Å². The van der Waals surface area contributed by atoms with Gasteiger partial charge in [-0.2, -0.15) is 0 Å². The van der Waals surface area contributed by atoms with Gasteiger partial charge in [0.1, 0.15) is 5.65 Å². The van der Waals surface area contributed by atoms with Crippen LogP contribution < -0.4 is 0 Å². The first-order chi connectivity index (χ1) is 12.7.